The van der Waals surface area contributed by atoms with Gasteiger partial charge in [0.2, 0.25) is 5.88 Å². The molecule has 7 heteroatoms. The smallest absolute Gasteiger partial charge is 0.338 e. The summed E-state index contributed by atoms with van der Waals surface area (Å²) in [5, 5.41) is 6.04. The maximum Gasteiger partial charge on any atom is 0.338 e. The van der Waals surface area contributed by atoms with E-state index in [0.717, 1.165) is 4.47 Å². The molecule has 0 saturated carbocycles. The molecule has 2 aromatic rings. The maximum atomic E-state index is 11.7. The van der Waals surface area contributed by atoms with Crippen LogP contribution in [0.4, 0.5) is 5.88 Å². The molecule has 6 nitrogen and oxygen atoms in total. The first-order valence-electron chi connectivity index (χ1n) is 5.70. The Bertz CT molecular complexity index is 622. The van der Waals surface area contributed by atoms with Crippen molar-refractivity contribution in [3.63, 3.8) is 0 Å². The van der Waals surface area contributed by atoms with Gasteiger partial charge in [0.15, 0.2) is 6.61 Å². The Hall–Kier alpha value is -2.15. The quantitative estimate of drug-likeness (QED) is 0.866. The molecule has 0 radical (unpaired) electrons. The van der Waals surface area contributed by atoms with Crippen LogP contribution in [0, 0.1) is 6.92 Å². The highest BCUT2D eigenvalue weighted by Gasteiger charge is 2.11. The molecule has 0 aliphatic carbocycles. The van der Waals surface area contributed by atoms with E-state index in [2.05, 4.69) is 26.4 Å². The first kappa shape index (κ1) is 14.3. The van der Waals surface area contributed by atoms with Gasteiger partial charge in [0, 0.05) is 10.5 Å². The molecule has 0 unspecified atom stereocenters. The number of carbonyl (C=O) groups is 2. The fourth-order valence-electron chi connectivity index (χ4n) is 1.40. The fraction of sp³-hybridized carbons (Fsp3) is 0.154. The van der Waals surface area contributed by atoms with Gasteiger partial charge < -0.3 is 9.26 Å². The molecule has 20 heavy (non-hydrogen) atoms. The number of hydrogen-bond donors (Lipinski definition) is 1. The molecule has 0 atom stereocenters. The number of amides is 1. The number of esters is 1. The van der Waals surface area contributed by atoms with Crippen molar-refractivity contribution in [1.29, 1.82) is 0 Å². The van der Waals surface area contributed by atoms with Gasteiger partial charge in [0.25, 0.3) is 5.91 Å². The highest BCUT2D eigenvalue weighted by molar-refractivity contribution is 9.10. The van der Waals surface area contributed by atoms with Gasteiger partial charge in [-0.1, -0.05) is 21.1 Å². The van der Waals surface area contributed by atoms with Crippen molar-refractivity contribution in [3.05, 3.63) is 46.1 Å². The predicted octanol–water partition coefficient (Wildman–Crippen LogP) is 2.54. The summed E-state index contributed by atoms with van der Waals surface area (Å²) >= 11 is 3.26. The normalized spacial score (nSPS) is 10.1. The predicted molar refractivity (Wildman–Crippen MR) is 74.3 cm³/mol. The van der Waals surface area contributed by atoms with Gasteiger partial charge in [-0.15, -0.1) is 0 Å². The van der Waals surface area contributed by atoms with E-state index in [4.69, 9.17) is 9.26 Å². The van der Waals surface area contributed by atoms with Crippen LogP contribution in [0.2, 0.25) is 0 Å². The first-order valence-corrected chi connectivity index (χ1v) is 6.50. The molecule has 1 amide bonds. The van der Waals surface area contributed by atoms with Crippen molar-refractivity contribution < 1.29 is 18.8 Å². The second kappa shape index (κ2) is 6.33. The van der Waals surface area contributed by atoms with Gasteiger partial charge in [-0.2, -0.15) is 0 Å². The Kier molecular flexibility index (Phi) is 4.52. The number of benzene rings is 1. The molecule has 1 aromatic carbocycles. The molecule has 0 bridgehead atoms. The number of aromatic nitrogens is 1. The summed E-state index contributed by atoms with van der Waals surface area (Å²) in [7, 11) is 0. The van der Waals surface area contributed by atoms with Gasteiger partial charge in [-0.3, -0.25) is 10.1 Å². The van der Waals surface area contributed by atoms with Crippen molar-refractivity contribution in [2.45, 2.75) is 6.92 Å². The van der Waals surface area contributed by atoms with Crippen LogP contribution in [0.15, 0.2) is 39.3 Å². The minimum Gasteiger partial charge on any atom is -0.452 e. The number of halogens is 1. The van der Waals surface area contributed by atoms with Gasteiger partial charge >= 0.3 is 5.97 Å². The Morgan fingerprint density at radius 2 is 2.05 bits per heavy atom. The third-order valence-electron chi connectivity index (χ3n) is 2.30. The van der Waals surface area contributed by atoms with Crippen molar-refractivity contribution in [3.8, 4) is 0 Å². The number of anilines is 1. The summed E-state index contributed by atoms with van der Waals surface area (Å²) < 4.78 is 10.5. The molecule has 0 aliphatic heterocycles. The second-order valence-corrected chi connectivity index (χ2v) is 4.88. The van der Waals surface area contributed by atoms with Crippen LogP contribution in [0.5, 0.6) is 0 Å². The standard InChI is InChI=1S/C13H11BrN2O4/c1-8-6-12(20-16-8)15-11(17)7-19-13(18)9-2-4-10(14)5-3-9/h2-6H,7H2,1H3,(H,15,17). The number of nitrogens with one attached hydrogen (secondary N) is 1. The number of rotatable bonds is 4. The summed E-state index contributed by atoms with van der Waals surface area (Å²) in [6.45, 7) is 1.33. The van der Waals surface area contributed by atoms with Gasteiger partial charge in [-0.05, 0) is 31.2 Å². The molecule has 1 aromatic heterocycles. The van der Waals surface area contributed by atoms with E-state index in [1.54, 1.807) is 37.3 Å². The topological polar surface area (TPSA) is 81.4 Å². The van der Waals surface area contributed by atoms with E-state index in [-0.39, 0.29) is 5.88 Å². The molecule has 0 fully saturated rings. The average molecular weight is 339 g/mol. The zero-order valence-electron chi connectivity index (χ0n) is 10.6. The molecule has 1 N–H and O–H groups in total. The van der Waals surface area contributed by atoms with E-state index in [0.29, 0.717) is 11.3 Å². The first-order chi connectivity index (χ1) is 9.54. The molecule has 0 saturated heterocycles. The molecule has 0 aliphatic rings. The summed E-state index contributed by atoms with van der Waals surface area (Å²) in [5.74, 6) is -0.847. The van der Waals surface area contributed by atoms with Crippen LogP contribution < -0.4 is 5.32 Å². The van der Waals surface area contributed by atoms with Crippen molar-refractivity contribution in [2.75, 3.05) is 11.9 Å². The number of hydrogen-bond acceptors (Lipinski definition) is 5. The highest BCUT2D eigenvalue weighted by atomic mass is 79.9. The van der Waals surface area contributed by atoms with Crippen LogP contribution in [-0.4, -0.2) is 23.6 Å². The number of nitrogens with zero attached hydrogens (tertiary/aromatic N) is 1. The molecular formula is C13H11BrN2O4. The summed E-state index contributed by atoms with van der Waals surface area (Å²) in [5.41, 5.74) is 1.02. The van der Waals surface area contributed by atoms with Gasteiger partial charge in [0.1, 0.15) is 0 Å². The average Bonchev–Trinajstić information content (AvgIpc) is 2.82. The maximum absolute atomic E-state index is 11.7. The van der Waals surface area contributed by atoms with E-state index in [9.17, 15) is 9.59 Å². The lowest BCUT2D eigenvalue weighted by molar-refractivity contribution is -0.119. The van der Waals surface area contributed by atoms with E-state index in [1.807, 2.05) is 0 Å². The Morgan fingerprint density at radius 1 is 1.35 bits per heavy atom. The van der Waals surface area contributed by atoms with Crippen molar-refractivity contribution >= 4 is 33.7 Å². The number of ether oxygens (including phenoxy) is 1. The van der Waals surface area contributed by atoms with Crippen LogP contribution in [0.25, 0.3) is 0 Å². The van der Waals surface area contributed by atoms with E-state index < -0.39 is 18.5 Å². The van der Waals surface area contributed by atoms with Crippen LogP contribution in [0.1, 0.15) is 16.1 Å². The molecule has 2 rings (SSSR count). The molecule has 0 spiro atoms. The molecular weight excluding hydrogens is 328 g/mol. The minimum absolute atomic E-state index is 0.215. The van der Waals surface area contributed by atoms with E-state index in [1.165, 1.54) is 0 Å². The fourth-order valence-corrected chi connectivity index (χ4v) is 1.66. The third-order valence-corrected chi connectivity index (χ3v) is 2.83. The summed E-state index contributed by atoms with van der Waals surface area (Å²) in [4.78, 5) is 23.2. The zero-order valence-corrected chi connectivity index (χ0v) is 12.1. The lowest BCUT2D eigenvalue weighted by atomic mass is 10.2. The van der Waals surface area contributed by atoms with E-state index >= 15 is 0 Å². The zero-order chi connectivity index (χ0) is 14.5. The largest absolute Gasteiger partial charge is 0.452 e. The second-order valence-electron chi connectivity index (χ2n) is 3.96. The van der Waals surface area contributed by atoms with Crippen LogP contribution >= 0.6 is 15.9 Å². The Morgan fingerprint density at radius 3 is 2.65 bits per heavy atom. The SMILES string of the molecule is Cc1cc(NC(=O)COC(=O)c2ccc(Br)cc2)on1. The monoisotopic (exact) mass is 338 g/mol. The number of carbonyl (C=O) groups excluding carboxylic acids is 2. The van der Waals surface area contributed by atoms with Crippen molar-refractivity contribution in [2.24, 2.45) is 0 Å². The highest BCUT2D eigenvalue weighted by Crippen LogP contribution is 2.11. The van der Waals surface area contributed by atoms with Gasteiger partial charge in [0.05, 0.1) is 11.3 Å². The van der Waals surface area contributed by atoms with Crippen molar-refractivity contribution in [1.82, 2.24) is 5.16 Å². The third kappa shape index (κ3) is 3.92. The lowest BCUT2D eigenvalue weighted by Crippen LogP contribution is -2.20. The Labute approximate surface area is 123 Å². The van der Waals surface area contributed by atoms with Gasteiger partial charge in [-0.25, -0.2) is 4.79 Å². The van der Waals surface area contributed by atoms with Crippen LogP contribution in [0.3, 0.4) is 0 Å². The Balaban J connectivity index is 1.84. The lowest BCUT2D eigenvalue weighted by Gasteiger charge is -2.04. The summed E-state index contributed by atoms with van der Waals surface area (Å²) in [6.07, 6.45) is 0. The number of aryl methyl sites for hydroxylation is 1. The van der Waals surface area contributed by atoms with Crippen LogP contribution in [-0.2, 0) is 9.53 Å². The molecule has 104 valence electrons. The summed E-state index contributed by atoms with van der Waals surface area (Å²) in [6, 6.07) is 8.20. The minimum atomic E-state index is -0.568. The molecule has 1 heterocycles.